The van der Waals surface area contributed by atoms with Crippen LogP contribution in [0.15, 0.2) is 215 Å². The Kier molecular flexibility index (Phi) is 49.5. The summed E-state index contributed by atoms with van der Waals surface area (Å²) in [5.41, 5.74) is 2.58. The number of allylic oxidation sites excluding steroid dienone is 18. The normalized spacial score (nSPS) is 18.2. The molecular weight excluding hydrogens is 1570 g/mol. The Hall–Kier alpha value is -6.87. The maximum absolute atomic E-state index is 12.6. The quantitative estimate of drug-likeness (QED) is 0.0205. The lowest BCUT2D eigenvalue weighted by atomic mass is 9.96. The Bertz CT molecular complexity index is 4020. The molecule has 0 spiro atoms. The third kappa shape index (κ3) is 42.1. The van der Waals surface area contributed by atoms with Crippen LogP contribution in [0.25, 0.3) is 0 Å². The standard InChI is InChI=1S/C34H50O6SSi.C28H47NO3Si.C26H42O4Si.C8H10O3S/c1-7-8-12-18-29(40-42(5,6)34(2,3)4)23-24-31-28(22-25-32(31)35)17-13-9-10-16-21-33(36)39-26-27-41(37,38)30-19-14-11-15-20-30;1-9-10-13-17-24(32-33(7,8)28(2,3)4)20-21-25-23(19-22-26(25)30)16-14-11-12-15-18-27(31)29(5)6;1-7-8-11-15-22(30-31(5,6)26(2,3)4)18-19-23-21(17-20-24(23)27)14-12-9-10-13-16-25(28)29;9-6-7-12(10,11)8-4-2-1-3-5-8/h8-9,11-15,19-20,22,24-25,28-29H,7,10,16-18,21,23,26-27H2,1-6H3;10-11,13-14,19,21-24H,9,12,15-18,20H2,1-8H3;8-9,11-12,17,19-22H,7,10,13-16,18H2,1-6H3,(H,28,29);1-5,9H,6-7H2/b12-8-,13-9-,31-24+;13-10-,14-11-,25-21+;11-8-,12-9-,23-19+;/t28-,29-;23-,24-;21-,22-;/m000./s1. The SMILES string of the molecule is CC/C=C\C[C@@H](C/C=C1/C(=O)C=C[C@@H]1C/C=C\CCCC(=O)N(C)C)O[Si](C)(C)C(C)(C)C.CC/C=C\C[C@@H](C/C=C1/C(=O)C=C[C@@H]1C/C=C\CCCC(=O)O)O[Si](C)(C)C(C)(C)C.CC/C=C\C[C@@H](C/C=C1/C(=O)C=C[C@@H]1C/C=C\CCCC(=O)OCCS(=O)(=O)c1ccccc1)O[Si](C)(C)C(C)(C)C.O=S(=O)(CCO)c1ccccc1. The average molecular weight is 1720 g/mol. The number of rotatable bonds is 46. The molecule has 0 aromatic heterocycles. The monoisotopic (exact) mass is 1720 g/mol. The molecule has 2 aromatic rings. The van der Waals surface area contributed by atoms with E-state index in [1.54, 1.807) is 73.6 Å². The van der Waals surface area contributed by atoms with Crippen LogP contribution >= 0.6 is 0 Å². The molecule has 0 fully saturated rings. The number of amides is 1. The first-order valence-corrected chi connectivity index (χ1v) is 54.8. The topological polar surface area (TPSA) is 251 Å². The van der Waals surface area contributed by atoms with Crippen molar-refractivity contribution in [2.45, 2.75) is 300 Å². The van der Waals surface area contributed by atoms with Gasteiger partial charge in [-0.3, -0.25) is 28.8 Å². The number of aliphatic carboxylic acids is 1. The first kappa shape index (κ1) is 107. The van der Waals surface area contributed by atoms with Crippen molar-refractivity contribution in [2.75, 3.05) is 38.8 Å². The van der Waals surface area contributed by atoms with Crippen molar-refractivity contribution in [3.05, 3.63) is 205 Å². The predicted molar refractivity (Wildman–Crippen MR) is 494 cm³/mol. The maximum Gasteiger partial charge on any atom is 0.305 e. The van der Waals surface area contributed by atoms with Crippen LogP contribution in [0.3, 0.4) is 0 Å². The highest BCUT2D eigenvalue weighted by atomic mass is 32.2. The van der Waals surface area contributed by atoms with Gasteiger partial charge in [-0.05, 0) is 212 Å². The molecule has 1 amide bonds. The van der Waals surface area contributed by atoms with Crippen molar-refractivity contribution >= 4 is 79.8 Å². The fourth-order valence-electron chi connectivity index (χ4n) is 11.9. The van der Waals surface area contributed by atoms with Gasteiger partial charge in [-0.15, -0.1) is 0 Å². The number of aliphatic hydroxyl groups excluding tert-OH is 1. The third-order valence-corrected chi connectivity index (χ3v) is 39.1. The summed E-state index contributed by atoms with van der Waals surface area (Å²) in [4.78, 5) is 73.9. The summed E-state index contributed by atoms with van der Waals surface area (Å²) in [7, 11) is -8.88. The van der Waals surface area contributed by atoms with Crippen molar-refractivity contribution in [3.8, 4) is 0 Å². The van der Waals surface area contributed by atoms with Gasteiger partial charge in [-0.1, -0.05) is 229 Å². The van der Waals surface area contributed by atoms with E-state index in [4.69, 9.17) is 28.2 Å². The minimum atomic E-state index is -3.46. The number of sulfone groups is 2. The Labute approximate surface area is 715 Å². The molecule has 0 bridgehead atoms. The lowest BCUT2D eigenvalue weighted by molar-refractivity contribution is -0.143. The largest absolute Gasteiger partial charge is 0.481 e. The van der Waals surface area contributed by atoms with Crippen LogP contribution in [0.5, 0.6) is 0 Å². The van der Waals surface area contributed by atoms with Crippen molar-refractivity contribution in [2.24, 2.45) is 17.8 Å². The zero-order valence-corrected chi connectivity index (χ0v) is 80.0. The number of ether oxygens (including phenoxy) is 1. The molecule has 0 heterocycles. The molecule has 0 saturated carbocycles. The maximum atomic E-state index is 12.6. The number of carbonyl (C=O) groups excluding carboxylic acids is 5. The molecule has 6 atom stereocenters. The van der Waals surface area contributed by atoms with Crippen molar-refractivity contribution in [3.63, 3.8) is 0 Å². The van der Waals surface area contributed by atoms with Crippen molar-refractivity contribution < 1.29 is 73.8 Å². The Balaban J connectivity index is 0.000000565. The first-order chi connectivity index (χ1) is 55.3. The molecule has 0 radical (unpaired) electrons. The fraction of sp³-hybridized carbons (Fsp3) is 0.562. The molecule has 2 N–H and O–H groups in total. The number of esters is 1. The number of carbonyl (C=O) groups is 6. The summed E-state index contributed by atoms with van der Waals surface area (Å²) >= 11 is 0. The van der Waals surface area contributed by atoms with E-state index in [9.17, 15) is 45.6 Å². The van der Waals surface area contributed by atoms with E-state index < -0.39 is 56.6 Å². The van der Waals surface area contributed by atoms with Crippen LogP contribution in [0.2, 0.25) is 54.4 Å². The van der Waals surface area contributed by atoms with E-state index in [1.165, 1.54) is 24.3 Å². The Morgan fingerprint density at radius 1 is 0.449 bits per heavy atom. The highest BCUT2D eigenvalue weighted by Crippen LogP contribution is 2.42. The number of benzene rings is 2. The van der Waals surface area contributed by atoms with Gasteiger partial charge in [0, 0.05) is 67.8 Å². The zero-order chi connectivity index (χ0) is 88.8. The summed E-state index contributed by atoms with van der Waals surface area (Å²) in [5, 5.41) is 17.6. The molecule has 22 heteroatoms. The average Bonchev–Trinajstić information content (AvgIpc) is 1.04. The van der Waals surface area contributed by atoms with E-state index in [-0.39, 0.29) is 122 Å². The van der Waals surface area contributed by atoms with Crippen LogP contribution in [-0.2, 0) is 66.5 Å². The van der Waals surface area contributed by atoms with Crippen LogP contribution in [-0.4, -0.2) is 149 Å². The van der Waals surface area contributed by atoms with Crippen LogP contribution in [0.4, 0.5) is 0 Å². The number of nitrogens with zero attached hydrogens (tertiary/aromatic N) is 1. The van der Waals surface area contributed by atoms with Gasteiger partial charge in [-0.25, -0.2) is 16.8 Å². The fourth-order valence-corrected chi connectivity index (χ4v) is 18.2. The number of aliphatic hydroxyl groups is 1. The number of ketones is 3. The molecule has 0 saturated heterocycles. The second-order valence-electron chi connectivity index (χ2n) is 35.2. The van der Waals surface area contributed by atoms with Gasteiger partial charge in [-0.2, -0.15) is 0 Å². The Morgan fingerprint density at radius 3 is 1.06 bits per heavy atom. The summed E-state index contributed by atoms with van der Waals surface area (Å²) in [5.74, 6) is -0.858. The lowest BCUT2D eigenvalue weighted by Gasteiger charge is -2.39. The lowest BCUT2D eigenvalue weighted by Crippen LogP contribution is -2.43. The van der Waals surface area contributed by atoms with Crippen LogP contribution in [0, 0.1) is 17.8 Å². The number of carboxylic acid groups (broad SMARTS) is 1. The highest BCUT2D eigenvalue weighted by Gasteiger charge is 2.42. The zero-order valence-electron chi connectivity index (χ0n) is 75.4. The Morgan fingerprint density at radius 2 is 0.763 bits per heavy atom. The molecule has 2 aromatic carbocycles. The van der Waals surface area contributed by atoms with E-state index >= 15 is 0 Å². The smallest absolute Gasteiger partial charge is 0.305 e. The van der Waals surface area contributed by atoms with Crippen molar-refractivity contribution in [1.29, 1.82) is 0 Å². The molecule has 658 valence electrons. The summed E-state index contributed by atoms with van der Waals surface area (Å²) in [6.07, 6.45) is 58.7. The molecule has 5 rings (SSSR count). The van der Waals surface area contributed by atoms with Crippen LogP contribution < -0.4 is 0 Å². The van der Waals surface area contributed by atoms with Crippen molar-refractivity contribution in [1.82, 2.24) is 4.90 Å². The molecule has 0 unspecified atom stereocenters. The van der Waals surface area contributed by atoms with Gasteiger partial charge in [0.1, 0.15) is 6.61 Å². The third-order valence-electron chi connectivity index (χ3n) is 22.1. The molecule has 17 nitrogen and oxygen atoms in total. The predicted octanol–water partition coefficient (Wildman–Crippen LogP) is 22.4. The molecular formula is C96H149NO16S2Si3. The van der Waals surface area contributed by atoms with Gasteiger partial charge in [0.15, 0.2) is 62.0 Å². The van der Waals surface area contributed by atoms with Gasteiger partial charge < -0.3 is 33.1 Å². The van der Waals surface area contributed by atoms with Crippen LogP contribution in [0.1, 0.15) is 218 Å². The minimum absolute atomic E-state index is 0.0454. The molecule has 0 aliphatic heterocycles. The van der Waals surface area contributed by atoms with Gasteiger partial charge in [0.05, 0.1) is 46.2 Å². The van der Waals surface area contributed by atoms with Gasteiger partial charge >= 0.3 is 11.9 Å². The highest BCUT2D eigenvalue weighted by molar-refractivity contribution is 7.91. The minimum Gasteiger partial charge on any atom is -0.481 e. The van der Waals surface area contributed by atoms with Gasteiger partial charge in [0.2, 0.25) is 5.91 Å². The number of hydrogen-bond donors (Lipinski definition) is 2. The van der Waals surface area contributed by atoms with E-state index in [0.29, 0.717) is 32.1 Å². The second-order valence-corrected chi connectivity index (χ2v) is 53.7. The second kappa shape index (κ2) is 54.5. The number of hydrogen-bond acceptors (Lipinski definition) is 15. The summed E-state index contributed by atoms with van der Waals surface area (Å²) < 4.78 is 72.3. The van der Waals surface area contributed by atoms with E-state index in [2.05, 4.69) is 201 Å². The van der Waals surface area contributed by atoms with E-state index in [1.807, 2.05) is 30.4 Å². The van der Waals surface area contributed by atoms with Gasteiger partial charge in [0.25, 0.3) is 0 Å². The number of unbranched alkanes of at least 4 members (excludes halogenated alkanes) is 3. The molecule has 118 heavy (non-hydrogen) atoms. The number of carboxylic acids is 1. The summed E-state index contributed by atoms with van der Waals surface area (Å²) in [6, 6.07) is 16.3. The van der Waals surface area contributed by atoms with E-state index in [0.717, 1.165) is 107 Å². The molecule has 3 aliphatic rings. The molecule has 3 aliphatic carbocycles. The summed E-state index contributed by atoms with van der Waals surface area (Å²) in [6.45, 7) is 39.8. The first-order valence-electron chi connectivity index (χ1n) is 42.7.